The molecule has 0 aliphatic heterocycles. The van der Waals surface area contributed by atoms with E-state index in [1.807, 2.05) is 32.0 Å². The number of ether oxygens (including phenoxy) is 1. The zero-order chi connectivity index (χ0) is 14.7. The number of rotatable bonds is 4. The maximum atomic E-state index is 13.1. The van der Waals surface area contributed by atoms with Gasteiger partial charge in [-0.2, -0.15) is 0 Å². The van der Waals surface area contributed by atoms with Crippen LogP contribution in [0.2, 0.25) is 0 Å². The second-order valence-corrected chi connectivity index (χ2v) is 5.08. The van der Waals surface area contributed by atoms with E-state index in [9.17, 15) is 9.50 Å². The Morgan fingerprint density at radius 1 is 1.15 bits per heavy atom. The predicted octanol–water partition coefficient (Wildman–Crippen LogP) is 4.07. The highest BCUT2D eigenvalue weighted by Gasteiger charge is 2.10. The van der Waals surface area contributed by atoms with Gasteiger partial charge in [-0.25, -0.2) is 4.39 Å². The van der Waals surface area contributed by atoms with Crippen molar-refractivity contribution in [2.45, 2.75) is 33.5 Å². The summed E-state index contributed by atoms with van der Waals surface area (Å²) in [4.78, 5) is 0. The maximum absolute atomic E-state index is 13.1. The van der Waals surface area contributed by atoms with Gasteiger partial charge in [0, 0.05) is 5.56 Å². The lowest BCUT2D eigenvalue weighted by atomic mass is 10.1. The fourth-order valence-corrected chi connectivity index (χ4v) is 2.10. The van der Waals surface area contributed by atoms with Crippen LogP contribution in [-0.4, -0.2) is 5.11 Å². The number of aryl methyl sites for hydroxylation is 2. The quantitative estimate of drug-likeness (QED) is 0.910. The molecule has 2 nitrogen and oxygen atoms in total. The van der Waals surface area contributed by atoms with Crippen LogP contribution in [0.15, 0.2) is 36.4 Å². The molecule has 20 heavy (non-hydrogen) atoms. The lowest BCUT2D eigenvalue weighted by molar-refractivity contribution is 0.190. The minimum atomic E-state index is -0.584. The lowest BCUT2D eigenvalue weighted by Gasteiger charge is -2.15. The van der Waals surface area contributed by atoms with E-state index >= 15 is 0 Å². The Hall–Kier alpha value is -1.87. The van der Waals surface area contributed by atoms with Gasteiger partial charge in [0.15, 0.2) is 0 Å². The van der Waals surface area contributed by atoms with Gasteiger partial charge in [-0.15, -0.1) is 0 Å². The van der Waals surface area contributed by atoms with Crippen molar-refractivity contribution in [1.82, 2.24) is 0 Å². The van der Waals surface area contributed by atoms with Crippen LogP contribution in [-0.2, 0) is 6.61 Å². The van der Waals surface area contributed by atoms with Crippen LogP contribution < -0.4 is 4.74 Å². The molecule has 0 aliphatic carbocycles. The number of halogens is 1. The molecule has 0 amide bonds. The van der Waals surface area contributed by atoms with Crippen molar-refractivity contribution in [1.29, 1.82) is 0 Å². The molecule has 0 spiro atoms. The van der Waals surface area contributed by atoms with E-state index in [0.717, 1.165) is 22.3 Å². The minimum Gasteiger partial charge on any atom is -0.489 e. The van der Waals surface area contributed by atoms with E-state index in [-0.39, 0.29) is 5.82 Å². The minimum absolute atomic E-state index is 0.244. The molecule has 0 bridgehead atoms. The smallest absolute Gasteiger partial charge is 0.125 e. The topological polar surface area (TPSA) is 29.5 Å². The first-order chi connectivity index (χ1) is 9.47. The number of hydrogen-bond donors (Lipinski definition) is 1. The third-order valence-corrected chi connectivity index (χ3v) is 3.30. The molecule has 2 aromatic carbocycles. The van der Waals surface area contributed by atoms with Crippen molar-refractivity contribution in [3.05, 3.63) is 64.5 Å². The van der Waals surface area contributed by atoms with Gasteiger partial charge in [0.1, 0.15) is 18.2 Å². The molecule has 1 atom stereocenters. The van der Waals surface area contributed by atoms with Gasteiger partial charge < -0.3 is 9.84 Å². The van der Waals surface area contributed by atoms with Crippen LogP contribution in [0.25, 0.3) is 0 Å². The largest absolute Gasteiger partial charge is 0.489 e. The summed E-state index contributed by atoms with van der Waals surface area (Å²) in [5.41, 5.74) is 3.63. The number of aliphatic hydroxyl groups excluding tert-OH is 1. The molecule has 0 radical (unpaired) electrons. The normalized spacial score (nSPS) is 12.2. The summed E-state index contributed by atoms with van der Waals surface area (Å²) in [6.07, 6.45) is -0.584. The van der Waals surface area contributed by atoms with Crippen molar-refractivity contribution >= 4 is 0 Å². The van der Waals surface area contributed by atoms with Crippen LogP contribution in [0.4, 0.5) is 4.39 Å². The van der Waals surface area contributed by atoms with Crippen molar-refractivity contribution < 1.29 is 14.2 Å². The summed E-state index contributed by atoms with van der Waals surface area (Å²) in [5, 5.41) is 9.79. The fraction of sp³-hybridized carbons (Fsp3) is 0.294. The highest BCUT2D eigenvalue weighted by Crippen LogP contribution is 2.27. The summed E-state index contributed by atoms with van der Waals surface area (Å²) < 4.78 is 18.8. The first-order valence-corrected chi connectivity index (χ1v) is 6.64. The van der Waals surface area contributed by atoms with E-state index in [2.05, 4.69) is 0 Å². The van der Waals surface area contributed by atoms with Crippen molar-refractivity contribution in [3.63, 3.8) is 0 Å². The van der Waals surface area contributed by atoms with Gasteiger partial charge in [-0.05, 0) is 56.2 Å². The molecule has 106 valence electrons. The average Bonchev–Trinajstić information content (AvgIpc) is 2.38. The summed E-state index contributed by atoms with van der Waals surface area (Å²) in [5.74, 6) is 0.417. The Morgan fingerprint density at radius 3 is 2.55 bits per heavy atom. The van der Waals surface area contributed by atoms with Gasteiger partial charge >= 0.3 is 0 Å². The van der Waals surface area contributed by atoms with Crippen molar-refractivity contribution in [2.24, 2.45) is 0 Å². The molecule has 0 saturated carbocycles. The predicted molar refractivity (Wildman–Crippen MR) is 77.3 cm³/mol. The molecule has 2 aromatic rings. The second kappa shape index (κ2) is 6.06. The molecule has 0 aromatic heterocycles. The lowest BCUT2D eigenvalue weighted by Crippen LogP contribution is -2.03. The molecule has 0 aliphatic rings. The molecule has 3 heteroatoms. The Kier molecular flexibility index (Phi) is 4.40. The van der Waals surface area contributed by atoms with Crippen molar-refractivity contribution in [2.75, 3.05) is 0 Å². The first kappa shape index (κ1) is 14.5. The summed E-state index contributed by atoms with van der Waals surface area (Å²) in [6, 6.07) is 10.4. The van der Waals surface area contributed by atoms with Gasteiger partial charge in [0.25, 0.3) is 0 Å². The van der Waals surface area contributed by atoms with E-state index in [4.69, 9.17) is 4.74 Å². The third kappa shape index (κ3) is 3.36. The van der Waals surface area contributed by atoms with Crippen LogP contribution in [0, 0.1) is 19.7 Å². The summed E-state index contributed by atoms with van der Waals surface area (Å²) in [6.45, 7) is 5.89. The van der Waals surface area contributed by atoms with Gasteiger partial charge in [0.2, 0.25) is 0 Å². The summed E-state index contributed by atoms with van der Waals surface area (Å²) in [7, 11) is 0. The Balaban J connectivity index is 2.18. The Morgan fingerprint density at radius 2 is 1.90 bits per heavy atom. The number of hydrogen-bond acceptors (Lipinski definition) is 2. The zero-order valence-electron chi connectivity index (χ0n) is 12.0. The van der Waals surface area contributed by atoms with E-state index < -0.39 is 6.10 Å². The van der Waals surface area contributed by atoms with Crippen LogP contribution >= 0.6 is 0 Å². The van der Waals surface area contributed by atoms with E-state index in [0.29, 0.717) is 12.4 Å². The summed E-state index contributed by atoms with van der Waals surface area (Å²) >= 11 is 0. The van der Waals surface area contributed by atoms with E-state index in [1.54, 1.807) is 13.0 Å². The molecular formula is C17H19FO2. The molecule has 1 unspecified atom stereocenters. The highest BCUT2D eigenvalue weighted by molar-refractivity contribution is 5.38. The number of benzene rings is 2. The number of aliphatic hydroxyl groups is 1. The van der Waals surface area contributed by atoms with Gasteiger partial charge in [0.05, 0.1) is 6.10 Å². The Labute approximate surface area is 118 Å². The van der Waals surface area contributed by atoms with E-state index in [1.165, 1.54) is 12.1 Å². The molecular weight excluding hydrogens is 255 g/mol. The maximum Gasteiger partial charge on any atom is 0.125 e. The molecule has 0 fully saturated rings. The van der Waals surface area contributed by atoms with Crippen molar-refractivity contribution in [3.8, 4) is 5.75 Å². The Bertz CT molecular complexity index is 606. The molecule has 0 heterocycles. The molecule has 1 N–H and O–H groups in total. The molecule has 2 rings (SSSR count). The van der Waals surface area contributed by atoms with Gasteiger partial charge in [-0.3, -0.25) is 0 Å². The first-order valence-electron chi connectivity index (χ1n) is 6.64. The fourth-order valence-electron chi connectivity index (χ4n) is 2.10. The van der Waals surface area contributed by atoms with Gasteiger partial charge in [-0.1, -0.05) is 17.7 Å². The van der Waals surface area contributed by atoms with Crippen LogP contribution in [0.1, 0.15) is 35.3 Å². The second-order valence-electron chi connectivity index (χ2n) is 5.08. The monoisotopic (exact) mass is 274 g/mol. The van der Waals surface area contributed by atoms with Crippen LogP contribution in [0.5, 0.6) is 5.75 Å². The standard InChI is InChI=1S/C17H19FO2/c1-11-4-7-17(16(8-11)13(3)19)20-10-14-5-6-15(18)9-12(14)2/h4-9,13,19H,10H2,1-3H3. The van der Waals surface area contributed by atoms with Crippen LogP contribution in [0.3, 0.4) is 0 Å². The third-order valence-electron chi connectivity index (χ3n) is 3.30. The highest BCUT2D eigenvalue weighted by atomic mass is 19.1. The SMILES string of the molecule is Cc1ccc(OCc2ccc(F)cc2C)c(C(C)O)c1. The average molecular weight is 274 g/mol. The molecule has 0 saturated heterocycles. The zero-order valence-corrected chi connectivity index (χ0v) is 12.0.